The average Bonchev–Trinajstić information content (AvgIpc) is 2.74. The number of amides is 1. The van der Waals surface area contributed by atoms with Crippen LogP contribution < -0.4 is 10.6 Å². The van der Waals surface area contributed by atoms with Gasteiger partial charge in [0.2, 0.25) is 5.91 Å². The zero-order chi connectivity index (χ0) is 11.4. The Balaban J connectivity index is 1.89. The summed E-state index contributed by atoms with van der Waals surface area (Å²) in [6.45, 7) is 1.91. The molecule has 0 aliphatic carbocycles. The van der Waals surface area contributed by atoms with Gasteiger partial charge in [0.25, 0.3) is 0 Å². The zero-order valence-electron chi connectivity index (χ0n) is 9.07. The van der Waals surface area contributed by atoms with Crippen LogP contribution in [-0.4, -0.2) is 24.1 Å². The number of aromatic hydroxyl groups is 1. The molecular weight excluding hydrogens is 204 g/mol. The van der Waals surface area contributed by atoms with E-state index < -0.39 is 0 Å². The molecule has 1 aliphatic rings. The second-order valence-corrected chi connectivity index (χ2v) is 4.13. The number of para-hydroxylation sites is 2. The maximum absolute atomic E-state index is 11.7. The van der Waals surface area contributed by atoms with E-state index in [4.69, 9.17) is 0 Å². The number of carbonyl (C=O) groups excluding carboxylic acids is 1. The molecule has 1 heterocycles. The average molecular weight is 220 g/mol. The summed E-state index contributed by atoms with van der Waals surface area (Å²) in [4.78, 5) is 11.7. The minimum atomic E-state index is -0.0322. The molecule has 0 saturated carbocycles. The summed E-state index contributed by atoms with van der Waals surface area (Å²) >= 11 is 0. The van der Waals surface area contributed by atoms with Crippen LogP contribution in [0.15, 0.2) is 24.3 Å². The van der Waals surface area contributed by atoms with Crippen LogP contribution in [0, 0.1) is 5.92 Å². The van der Waals surface area contributed by atoms with Gasteiger partial charge < -0.3 is 15.7 Å². The van der Waals surface area contributed by atoms with E-state index in [1.165, 1.54) is 0 Å². The molecule has 1 atom stereocenters. The van der Waals surface area contributed by atoms with Crippen LogP contribution in [0.5, 0.6) is 5.75 Å². The Labute approximate surface area is 94.7 Å². The molecule has 4 heteroatoms. The normalized spacial score (nSPS) is 19.6. The van der Waals surface area contributed by atoms with E-state index in [9.17, 15) is 9.90 Å². The quantitative estimate of drug-likeness (QED) is 0.673. The van der Waals surface area contributed by atoms with Gasteiger partial charge in [-0.25, -0.2) is 0 Å². The Morgan fingerprint density at radius 3 is 3.00 bits per heavy atom. The van der Waals surface area contributed by atoms with Crippen molar-refractivity contribution in [2.75, 3.05) is 18.4 Å². The Morgan fingerprint density at radius 2 is 2.31 bits per heavy atom. The highest BCUT2D eigenvalue weighted by Gasteiger charge is 2.18. The number of hydrogen-bond acceptors (Lipinski definition) is 3. The van der Waals surface area contributed by atoms with E-state index in [0.29, 0.717) is 18.0 Å². The number of nitrogens with one attached hydrogen (secondary N) is 2. The molecule has 16 heavy (non-hydrogen) atoms. The summed E-state index contributed by atoms with van der Waals surface area (Å²) in [5.41, 5.74) is 0.485. The van der Waals surface area contributed by atoms with Crippen molar-refractivity contribution >= 4 is 11.6 Å². The van der Waals surface area contributed by atoms with Crippen LogP contribution in [0.25, 0.3) is 0 Å². The van der Waals surface area contributed by atoms with Gasteiger partial charge in [-0.3, -0.25) is 4.79 Å². The van der Waals surface area contributed by atoms with E-state index in [0.717, 1.165) is 19.5 Å². The molecule has 0 aromatic heterocycles. The summed E-state index contributed by atoms with van der Waals surface area (Å²) in [5.74, 6) is 0.501. The monoisotopic (exact) mass is 220 g/mol. The fourth-order valence-electron chi connectivity index (χ4n) is 1.93. The third-order valence-electron chi connectivity index (χ3n) is 2.81. The van der Waals surface area contributed by atoms with Crippen molar-refractivity contribution in [3.63, 3.8) is 0 Å². The van der Waals surface area contributed by atoms with Crippen LogP contribution in [0.1, 0.15) is 12.8 Å². The lowest BCUT2D eigenvalue weighted by Crippen LogP contribution is -2.18. The van der Waals surface area contributed by atoms with E-state index in [1.54, 1.807) is 24.3 Å². The SMILES string of the molecule is O=C(CC1CCNC1)Nc1ccccc1O. The molecule has 1 aromatic rings. The van der Waals surface area contributed by atoms with Gasteiger partial charge in [0.05, 0.1) is 5.69 Å². The van der Waals surface area contributed by atoms with Crippen molar-refractivity contribution in [2.24, 2.45) is 5.92 Å². The fraction of sp³-hybridized carbons (Fsp3) is 0.417. The molecule has 0 bridgehead atoms. The molecule has 1 amide bonds. The second kappa shape index (κ2) is 4.99. The van der Waals surface area contributed by atoms with Crippen LogP contribution >= 0.6 is 0 Å². The second-order valence-electron chi connectivity index (χ2n) is 4.13. The minimum absolute atomic E-state index is 0.0322. The largest absolute Gasteiger partial charge is 0.506 e. The highest BCUT2D eigenvalue weighted by Crippen LogP contribution is 2.22. The van der Waals surface area contributed by atoms with Gasteiger partial charge in [0.15, 0.2) is 0 Å². The molecular formula is C12H16N2O2. The van der Waals surface area contributed by atoms with Gasteiger partial charge in [0.1, 0.15) is 5.75 Å². The number of hydrogen-bond donors (Lipinski definition) is 3. The molecule has 1 saturated heterocycles. The van der Waals surface area contributed by atoms with Crippen LogP contribution in [-0.2, 0) is 4.79 Å². The third kappa shape index (κ3) is 2.73. The van der Waals surface area contributed by atoms with E-state index in [2.05, 4.69) is 10.6 Å². The van der Waals surface area contributed by atoms with Crippen LogP contribution in [0.2, 0.25) is 0 Å². The van der Waals surface area contributed by atoms with Gasteiger partial charge in [0, 0.05) is 6.42 Å². The zero-order valence-corrected chi connectivity index (χ0v) is 9.07. The molecule has 4 nitrogen and oxygen atoms in total. The molecule has 2 rings (SSSR count). The predicted octanol–water partition coefficient (Wildman–Crippen LogP) is 1.33. The van der Waals surface area contributed by atoms with Crippen molar-refractivity contribution in [3.05, 3.63) is 24.3 Å². The maximum Gasteiger partial charge on any atom is 0.224 e. The number of benzene rings is 1. The molecule has 3 N–H and O–H groups in total. The van der Waals surface area contributed by atoms with Gasteiger partial charge in [-0.05, 0) is 37.6 Å². The van der Waals surface area contributed by atoms with Crippen LogP contribution in [0.4, 0.5) is 5.69 Å². The Hall–Kier alpha value is -1.55. The topological polar surface area (TPSA) is 61.4 Å². The summed E-state index contributed by atoms with van der Waals surface area (Å²) in [6, 6.07) is 6.77. The van der Waals surface area contributed by atoms with Gasteiger partial charge in [-0.2, -0.15) is 0 Å². The first-order valence-electron chi connectivity index (χ1n) is 5.54. The molecule has 0 spiro atoms. The number of anilines is 1. The lowest BCUT2D eigenvalue weighted by Gasteiger charge is -2.09. The smallest absolute Gasteiger partial charge is 0.224 e. The number of carbonyl (C=O) groups is 1. The van der Waals surface area contributed by atoms with Gasteiger partial charge in [-0.1, -0.05) is 12.1 Å². The van der Waals surface area contributed by atoms with E-state index in [-0.39, 0.29) is 11.7 Å². The first-order chi connectivity index (χ1) is 7.75. The highest BCUT2D eigenvalue weighted by molar-refractivity contribution is 5.92. The van der Waals surface area contributed by atoms with E-state index in [1.807, 2.05) is 0 Å². The van der Waals surface area contributed by atoms with E-state index >= 15 is 0 Å². The summed E-state index contributed by atoms with van der Waals surface area (Å²) in [7, 11) is 0. The van der Waals surface area contributed by atoms with Crippen molar-refractivity contribution in [2.45, 2.75) is 12.8 Å². The Kier molecular flexibility index (Phi) is 3.41. The first kappa shape index (κ1) is 11.0. The van der Waals surface area contributed by atoms with Crippen molar-refractivity contribution < 1.29 is 9.90 Å². The van der Waals surface area contributed by atoms with Crippen molar-refractivity contribution in [1.29, 1.82) is 0 Å². The molecule has 86 valence electrons. The fourth-order valence-corrected chi connectivity index (χ4v) is 1.93. The van der Waals surface area contributed by atoms with Gasteiger partial charge >= 0.3 is 0 Å². The molecule has 1 fully saturated rings. The molecule has 1 aromatic carbocycles. The van der Waals surface area contributed by atoms with Crippen molar-refractivity contribution in [1.82, 2.24) is 5.32 Å². The molecule has 1 aliphatic heterocycles. The summed E-state index contributed by atoms with van der Waals surface area (Å²) in [6.07, 6.45) is 1.57. The predicted molar refractivity (Wildman–Crippen MR) is 62.3 cm³/mol. The minimum Gasteiger partial charge on any atom is -0.506 e. The van der Waals surface area contributed by atoms with Crippen LogP contribution in [0.3, 0.4) is 0 Å². The third-order valence-corrected chi connectivity index (χ3v) is 2.81. The van der Waals surface area contributed by atoms with Gasteiger partial charge in [-0.15, -0.1) is 0 Å². The number of phenolic OH excluding ortho intramolecular Hbond substituents is 1. The Morgan fingerprint density at radius 1 is 1.50 bits per heavy atom. The standard InChI is InChI=1S/C12H16N2O2/c15-11-4-2-1-3-10(11)14-12(16)7-9-5-6-13-8-9/h1-4,9,13,15H,5-8H2,(H,14,16). The lowest BCUT2D eigenvalue weighted by atomic mass is 10.0. The Bertz CT molecular complexity index is 373. The molecule has 1 unspecified atom stereocenters. The highest BCUT2D eigenvalue weighted by atomic mass is 16.3. The number of phenols is 1. The summed E-state index contributed by atoms with van der Waals surface area (Å²) < 4.78 is 0. The van der Waals surface area contributed by atoms with Crippen molar-refractivity contribution in [3.8, 4) is 5.75 Å². The number of rotatable bonds is 3. The lowest BCUT2D eigenvalue weighted by molar-refractivity contribution is -0.117. The maximum atomic E-state index is 11.7. The summed E-state index contributed by atoms with van der Waals surface area (Å²) in [5, 5.41) is 15.4. The first-order valence-corrected chi connectivity index (χ1v) is 5.54. The molecule has 0 radical (unpaired) electrons.